The lowest BCUT2D eigenvalue weighted by molar-refractivity contribution is -0.0304. The van der Waals surface area contributed by atoms with Crippen molar-refractivity contribution in [3.8, 4) is 11.3 Å². The number of likely N-dealkylation sites (tertiary alicyclic amines) is 1. The molecule has 0 spiro atoms. The van der Waals surface area contributed by atoms with Crippen LogP contribution in [0.25, 0.3) is 22.3 Å². The molecule has 0 radical (unpaired) electrons. The van der Waals surface area contributed by atoms with Crippen molar-refractivity contribution in [1.29, 1.82) is 0 Å². The van der Waals surface area contributed by atoms with Crippen molar-refractivity contribution in [2.24, 2.45) is 7.05 Å². The molecule has 0 atom stereocenters. The number of rotatable bonds is 5. The first-order chi connectivity index (χ1) is 16.9. The van der Waals surface area contributed by atoms with Gasteiger partial charge in [-0.2, -0.15) is 5.10 Å². The van der Waals surface area contributed by atoms with Gasteiger partial charge in [0.05, 0.1) is 30.4 Å². The Bertz CT molecular complexity index is 1460. The number of carbonyl (C=O) groups is 1. The van der Waals surface area contributed by atoms with Gasteiger partial charge in [0.25, 0.3) is 11.5 Å². The molecule has 1 N–H and O–H groups in total. The highest BCUT2D eigenvalue weighted by Gasteiger charge is 2.36. The summed E-state index contributed by atoms with van der Waals surface area (Å²) < 4.78 is 8.72. The summed E-state index contributed by atoms with van der Waals surface area (Å²) in [6.45, 7) is 0.810. The topological polar surface area (TPSA) is 119 Å². The normalized spacial score (nSPS) is 17.7. The number of benzene rings is 1. The van der Waals surface area contributed by atoms with Crippen LogP contribution < -0.4 is 5.56 Å². The summed E-state index contributed by atoms with van der Waals surface area (Å²) in [5, 5.41) is 15.7. The van der Waals surface area contributed by atoms with Gasteiger partial charge in [0.2, 0.25) is 5.76 Å². The average molecular weight is 475 g/mol. The van der Waals surface area contributed by atoms with Crippen molar-refractivity contribution in [1.82, 2.24) is 29.2 Å². The third kappa shape index (κ3) is 3.93. The first-order valence-electron chi connectivity index (χ1n) is 11.9. The second kappa shape index (κ2) is 8.16. The molecule has 3 aromatic heterocycles. The van der Waals surface area contributed by atoms with E-state index >= 15 is 0 Å². The minimum atomic E-state index is -1.13. The van der Waals surface area contributed by atoms with Gasteiger partial charge in [0, 0.05) is 31.6 Å². The molecule has 180 valence electrons. The van der Waals surface area contributed by atoms with Gasteiger partial charge in [0.1, 0.15) is 5.52 Å². The predicted octanol–water partition coefficient (Wildman–Crippen LogP) is 2.33. The lowest BCUT2D eigenvalue weighted by Crippen LogP contribution is -2.49. The molecular formula is C25H26N6O4. The van der Waals surface area contributed by atoms with Crippen molar-refractivity contribution in [3.63, 3.8) is 0 Å². The number of amides is 1. The van der Waals surface area contributed by atoms with E-state index in [0.29, 0.717) is 43.3 Å². The number of piperidine rings is 1. The number of fused-ring (bicyclic) bond motifs is 1. The number of carbonyl (C=O) groups excluding carboxylic acids is 1. The Hall–Kier alpha value is -3.79. The maximum Gasteiger partial charge on any atom is 0.291 e. The Morgan fingerprint density at radius 2 is 1.89 bits per heavy atom. The van der Waals surface area contributed by atoms with E-state index in [-0.39, 0.29) is 29.3 Å². The first-order valence-corrected chi connectivity index (χ1v) is 11.9. The molecule has 1 saturated heterocycles. The van der Waals surface area contributed by atoms with Gasteiger partial charge in [-0.3, -0.25) is 18.8 Å². The van der Waals surface area contributed by atoms with Crippen LogP contribution >= 0.6 is 0 Å². The SMILES string of the molecule is Cn1nc2c(=O)n(CC3(O)CCN(C(=O)c4cnc(C5CC5)o4)CC3)cnc2c1-c1ccccc1. The highest BCUT2D eigenvalue weighted by molar-refractivity contribution is 5.91. The predicted molar refractivity (Wildman–Crippen MR) is 127 cm³/mol. The summed E-state index contributed by atoms with van der Waals surface area (Å²) in [7, 11) is 1.79. The van der Waals surface area contributed by atoms with Crippen molar-refractivity contribution in [2.75, 3.05) is 13.1 Å². The lowest BCUT2D eigenvalue weighted by Gasteiger charge is -2.38. The standard InChI is InChI=1S/C25H26N6O4/c1-29-21(16-5-3-2-4-6-16)19-20(28-29)24(33)31(15-27-19)14-25(34)9-11-30(12-10-25)23(32)18-13-26-22(35-18)17-7-8-17/h2-6,13,15,17,34H,7-12,14H2,1H3. The second-order valence-electron chi connectivity index (χ2n) is 9.57. The second-order valence-corrected chi connectivity index (χ2v) is 9.57. The van der Waals surface area contributed by atoms with E-state index in [1.807, 2.05) is 30.3 Å². The van der Waals surface area contributed by atoms with Crippen LogP contribution in [0.3, 0.4) is 0 Å². The Morgan fingerprint density at radius 1 is 1.14 bits per heavy atom. The molecule has 1 aliphatic heterocycles. The van der Waals surface area contributed by atoms with E-state index in [4.69, 9.17) is 4.42 Å². The molecular weight excluding hydrogens is 448 g/mol. The number of aryl methyl sites for hydroxylation is 1. The van der Waals surface area contributed by atoms with Crippen molar-refractivity contribution in [2.45, 2.75) is 43.7 Å². The van der Waals surface area contributed by atoms with Gasteiger partial charge in [-0.25, -0.2) is 9.97 Å². The minimum absolute atomic E-state index is 0.0855. The van der Waals surface area contributed by atoms with E-state index in [1.54, 1.807) is 16.6 Å². The zero-order valence-electron chi connectivity index (χ0n) is 19.4. The van der Waals surface area contributed by atoms with Crippen LogP contribution in [0.4, 0.5) is 0 Å². The van der Waals surface area contributed by atoms with Gasteiger partial charge in [-0.05, 0) is 25.7 Å². The van der Waals surface area contributed by atoms with Crippen LogP contribution in [0, 0.1) is 0 Å². The largest absolute Gasteiger partial charge is 0.435 e. The van der Waals surface area contributed by atoms with Gasteiger partial charge in [-0.1, -0.05) is 30.3 Å². The Balaban J connectivity index is 1.18. The van der Waals surface area contributed by atoms with E-state index in [2.05, 4.69) is 15.1 Å². The van der Waals surface area contributed by atoms with Crippen LogP contribution in [0.5, 0.6) is 0 Å². The number of oxazole rings is 1. The van der Waals surface area contributed by atoms with Gasteiger partial charge in [-0.15, -0.1) is 0 Å². The molecule has 4 aromatic rings. The number of hydrogen-bond acceptors (Lipinski definition) is 7. The number of aliphatic hydroxyl groups is 1. The van der Waals surface area contributed by atoms with Crippen LogP contribution in [-0.2, 0) is 13.6 Å². The van der Waals surface area contributed by atoms with Gasteiger partial charge in [0.15, 0.2) is 11.4 Å². The van der Waals surface area contributed by atoms with Crippen molar-refractivity contribution in [3.05, 3.63) is 64.9 Å². The van der Waals surface area contributed by atoms with Gasteiger partial charge >= 0.3 is 0 Å². The van der Waals surface area contributed by atoms with E-state index in [9.17, 15) is 14.7 Å². The smallest absolute Gasteiger partial charge is 0.291 e. The molecule has 2 aliphatic rings. The lowest BCUT2D eigenvalue weighted by atomic mass is 9.91. The quantitative estimate of drug-likeness (QED) is 0.471. The maximum atomic E-state index is 13.2. The third-order valence-electron chi connectivity index (χ3n) is 6.97. The molecule has 6 rings (SSSR count). The summed E-state index contributed by atoms with van der Waals surface area (Å²) in [6, 6.07) is 9.69. The van der Waals surface area contributed by atoms with Gasteiger partial charge < -0.3 is 14.4 Å². The fraction of sp³-hybridized carbons (Fsp3) is 0.400. The van der Waals surface area contributed by atoms with Crippen LogP contribution in [0.2, 0.25) is 0 Å². The number of hydrogen-bond donors (Lipinski definition) is 1. The minimum Gasteiger partial charge on any atom is -0.435 e. The van der Waals surface area contributed by atoms with E-state index < -0.39 is 5.60 Å². The number of nitrogens with zero attached hydrogens (tertiary/aromatic N) is 6. The van der Waals surface area contributed by atoms with Crippen molar-refractivity contribution < 1.29 is 14.3 Å². The third-order valence-corrected chi connectivity index (χ3v) is 6.97. The Labute approximate surface area is 200 Å². The molecule has 0 bridgehead atoms. The highest BCUT2D eigenvalue weighted by Crippen LogP contribution is 2.39. The summed E-state index contributed by atoms with van der Waals surface area (Å²) in [5.74, 6) is 1.01. The molecule has 1 aromatic carbocycles. The molecule has 4 heterocycles. The fourth-order valence-corrected chi connectivity index (χ4v) is 4.79. The highest BCUT2D eigenvalue weighted by atomic mass is 16.4. The molecule has 1 amide bonds. The van der Waals surface area contributed by atoms with Crippen LogP contribution in [0.1, 0.15) is 48.0 Å². The Morgan fingerprint density at radius 3 is 2.60 bits per heavy atom. The fourth-order valence-electron chi connectivity index (χ4n) is 4.79. The monoisotopic (exact) mass is 474 g/mol. The summed E-state index contributed by atoms with van der Waals surface area (Å²) in [5.41, 5.74) is 1.07. The Kier molecular flexibility index (Phi) is 5.06. The summed E-state index contributed by atoms with van der Waals surface area (Å²) in [4.78, 5) is 36.4. The zero-order chi connectivity index (χ0) is 24.2. The van der Waals surface area contributed by atoms with Crippen LogP contribution in [-0.4, -0.2) is 58.9 Å². The molecule has 35 heavy (non-hydrogen) atoms. The molecule has 1 aliphatic carbocycles. The first kappa shape index (κ1) is 21.7. The summed E-state index contributed by atoms with van der Waals surface area (Å²) >= 11 is 0. The van der Waals surface area contributed by atoms with Crippen LogP contribution in [0.15, 0.2) is 52.1 Å². The van der Waals surface area contributed by atoms with E-state index in [0.717, 1.165) is 24.1 Å². The summed E-state index contributed by atoms with van der Waals surface area (Å²) in [6.07, 6.45) is 5.75. The molecule has 1 saturated carbocycles. The maximum absolute atomic E-state index is 13.2. The average Bonchev–Trinajstić information content (AvgIpc) is 3.49. The van der Waals surface area contributed by atoms with E-state index in [1.165, 1.54) is 17.1 Å². The molecule has 10 heteroatoms. The van der Waals surface area contributed by atoms with Crippen molar-refractivity contribution >= 4 is 16.9 Å². The number of aromatic nitrogens is 5. The zero-order valence-corrected chi connectivity index (χ0v) is 19.4. The molecule has 10 nitrogen and oxygen atoms in total. The molecule has 2 fully saturated rings. The molecule has 0 unspecified atom stereocenters.